The van der Waals surface area contributed by atoms with E-state index in [9.17, 15) is 4.79 Å². The third kappa shape index (κ3) is 4.34. The van der Waals surface area contributed by atoms with E-state index < -0.39 is 0 Å². The molecule has 0 bridgehead atoms. The van der Waals surface area contributed by atoms with Crippen LogP contribution in [0.2, 0.25) is 0 Å². The summed E-state index contributed by atoms with van der Waals surface area (Å²) in [5.74, 6) is -0.236. The summed E-state index contributed by atoms with van der Waals surface area (Å²) in [7, 11) is 0. The maximum absolute atomic E-state index is 10.7. The van der Waals surface area contributed by atoms with Crippen LogP contribution in [0.5, 0.6) is 0 Å². The van der Waals surface area contributed by atoms with E-state index in [2.05, 4.69) is 25.7 Å². The lowest BCUT2D eigenvalue weighted by molar-refractivity contribution is -0.119. The first-order chi connectivity index (χ1) is 5.61. The van der Waals surface area contributed by atoms with Crippen molar-refractivity contribution in [3.63, 3.8) is 0 Å². The van der Waals surface area contributed by atoms with Crippen LogP contribution in [0.4, 0.5) is 0 Å². The summed E-state index contributed by atoms with van der Waals surface area (Å²) < 4.78 is 0. The Labute approximate surface area is 74.9 Å². The van der Waals surface area contributed by atoms with Gasteiger partial charge in [0.1, 0.15) is 0 Å². The molecule has 3 heteroatoms. The summed E-state index contributed by atoms with van der Waals surface area (Å²) in [6.07, 6.45) is 2.28. The van der Waals surface area contributed by atoms with E-state index in [1.807, 2.05) is 0 Å². The second-order valence-electron chi connectivity index (χ2n) is 3.17. The Morgan fingerprint density at radius 3 is 2.42 bits per heavy atom. The highest BCUT2D eigenvalue weighted by Crippen LogP contribution is 2.04. The van der Waals surface area contributed by atoms with E-state index in [-0.39, 0.29) is 5.91 Å². The van der Waals surface area contributed by atoms with Crippen LogP contribution in [0.25, 0.3) is 0 Å². The number of carbonyl (C=O) groups is 1. The topological polar surface area (TPSA) is 46.3 Å². The largest absolute Gasteiger partial charge is 0.369 e. The van der Waals surface area contributed by atoms with Crippen molar-refractivity contribution in [2.75, 3.05) is 13.1 Å². The van der Waals surface area contributed by atoms with E-state index in [4.69, 9.17) is 5.73 Å². The van der Waals surface area contributed by atoms with Crippen molar-refractivity contribution in [1.82, 2.24) is 4.90 Å². The molecule has 0 saturated heterocycles. The molecule has 2 N–H and O–H groups in total. The van der Waals surface area contributed by atoms with Crippen LogP contribution < -0.4 is 5.73 Å². The second kappa shape index (κ2) is 6.00. The number of hydrogen-bond acceptors (Lipinski definition) is 2. The SMILES string of the molecule is CCCC(C)N(CC)CC(N)=O. The summed E-state index contributed by atoms with van der Waals surface area (Å²) >= 11 is 0. The highest BCUT2D eigenvalue weighted by Gasteiger charge is 2.12. The standard InChI is InChI=1S/C9H20N2O/c1-4-6-8(3)11(5-2)7-9(10)12/h8H,4-7H2,1-3H3,(H2,10,12). The van der Waals surface area contributed by atoms with Crippen LogP contribution in [0, 0.1) is 0 Å². The van der Waals surface area contributed by atoms with Crippen molar-refractivity contribution >= 4 is 5.91 Å². The number of likely N-dealkylation sites (N-methyl/N-ethyl adjacent to an activating group) is 1. The number of primary amides is 1. The third-order valence-corrected chi connectivity index (χ3v) is 2.09. The van der Waals surface area contributed by atoms with Crippen molar-refractivity contribution in [3.05, 3.63) is 0 Å². The third-order valence-electron chi connectivity index (χ3n) is 2.09. The van der Waals surface area contributed by atoms with Gasteiger partial charge in [0.25, 0.3) is 0 Å². The van der Waals surface area contributed by atoms with Crippen molar-refractivity contribution in [1.29, 1.82) is 0 Å². The molecule has 12 heavy (non-hydrogen) atoms. The smallest absolute Gasteiger partial charge is 0.231 e. The van der Waals surface area contributed by atoms with Gasteiger partial charge in [-0.3, -0.25) is 9.69 Å². The fourth-order valence-electron chi connectivity index (χ4n) is 1.38. The van der Waals surface area contributed by atoms with Gasteiger partial charge in [0.2, 0.25) is 5.91 Å². The van der Waals surface area contributed by atoms with Crippen molar-refractivity contribution in [2.24, 2.45) is 5.73 Å². The van der Waals surface area contributed by atoms with Gasteiger partial charge in [-0.25, -0.2) is 0 Å². The Morgan fingerprint density at radius 2 is 2.08 bits per heavy atom. The molecule has 3 nitrogen and oxygen atoms in total. The lowest BCUT2D eigenvalue weighted by Crippen LogP contribution is -2.39. The number of nitrogens with two attached hydrogens (primary N) is 1. The lowest BCUT2D eigenvalue weighted by atomic mass is 10.1. The van der Waals surface area contributed by atoms with E-state index in [1.165, 1.54) is 0 Å². The normalized spacial score (nSPS) is 13.3. The summed E-state index contributed by atoms with van der Waals surface area (Å²) in [5.41, 5.74) is 5.12. The molecule has 72 valence electrons. The first-order valence-electron chi connectivity index (χ1n) is 4.64. The van der Waals surface area contributed by atoms with Crippen molar-refractivity contribution in [2.45, 2.75) is 39.7 Å². The molecule has 0 aromatic rings. The van der Waals surface area contributed by atoms with Gasteiger partial charge < -0.3 is 5.73 Å². The number of rotatable bonds is 6. The molecule has 0 radical (unpaired) electrons. The molecule has 1 atom stereocenters. The molecule has 0 spiro atoms. The number of amides is 1. The Bertz CT molecular complexity index is 136. The Morgan fingerprint density at radius 1 is 1.50 bits per heavy atom. The van der Waals surface area contributed by atoms with Crippen LogP contribution in [0.3, 0.4) is 0 Å². The summed E-state index contributed by atoms with van der Waals surface area (Å²) in [5, 5.41) is 0. The van der Waals surface area contributed by atoms with Gasteiger partial charge >= 0.3 is 0 Å². The fourth-order valence-corrected chi connectivity index (χ4v) is 1.38. The molecule has 1 unspecified atom stereocenters. The molecule has 0 aromatic carbocycles. The quantitative estimate of drug-likeness (QED) is 0.649. The van der Waals surface area contributed by atoms with E-state index >= 15 is 0 Å². The van der Waals surface area contributed by atoms with Crippen LogP contribution in [0.15, 0.2) is 0 Å². The molecule has 0 saturated carbocycles. The van der Waals surface area contributed by atoms with E-state index in [0.29, 0.717) is 12.6 Å². The Balaban J connectivity index is 3.86. The van der Waals surface area contributed by atoms with Gasteiger partial charge in [-0.15, -0.1) is 0 Å². The van der Waals surface area contributed by atoms with E-state index in [0.717, 1.165) is 19.4 Å². The molecular formula is C9H20N2O. The minimum absolute atomic E-state index is 0.236. The predicted octanol–water partition coefficient (Wildman–Crippen LogP) is 0.982. The minimum Gasteiger partial charge on any atom is -0.369 e. The highest BCUT2D eigenvalue weighted by molar-refractivity contribution is 5.75. The Hall–Kier alpha value is -0.570. The number of nitrogens with zero attached hydrogens (tertiary/aromatic N) is 1. The molecule has 1 amide bonds. The number of carbonyl (C=O) groups excluding carboxylic acids is 1. The highest BCUT2D eigenvalue weighted by atomic mass is 16.1. The number of hydrogen-bond donors (Lipinski definition) is 1. The zero-order chi connectivity index (χ0) is 9.56. The molecule has 0 aromatic heterocycles. The molecule has 0 heterocycles. The first kappa shape index (κ1) is 11.4. The first-order valence-corrected chi connectivity index (χ1v) is 4.64. The Kier molecular flexibility index (Phi) is 5.72. The predicted molar refractivity (Wildman–Crippen MR) is 50.8 cm³/mol. The van der Waals surface area contributed by atoms with Gasteiger partial charge in [-0.1, -0.05) is 20.3 Å². The van der Waals surface area contributed by atoms with Crippen LogP contribution in [-0.4, -0.2) is 29.9 Å². The molecule has 0 aliphatic carbocycles. The van der Waals surface area contributed by atoms with Crippen molar-refractivity contribution in [3.8, 4) is 0 Å². The summed E-state index contributed by atoms with van der Waals surface area (Å²) in [4.78, 5) is 12.8. The molecule has 0 aliphatic rings. The zero-order valence-electron chi connectivity index (χ0n) is 8.34. The fraction of sp³-hybridized carbons (Fsp3) is 0.889. The zero-order valence-corrected chi connectivity index (χ0v) is 8.34. The van der Waals surface area contributed by atoms with Gasteiger partial charge in [0.05, 0.1) is 6.54 Å². The molecule has 0 rings (SSSR count). The monoisotopic (exact) mass is 172 g/mol. The van der Waals surface area contributed by atoms with Gasteiger partial charge in [0, 0.05) is 6.04 Å². The summed E-state index contributed by atoms with van der Waals surface area (Å²) in [6.45, 7) is 7.61. The maximum Gasteiger partial charge on any atom is 0.231 e. The second-order valence-corrected chi connectivity index (χ2v) is 3.17. The van der Waals surface area contributed by atoms with E-state index in [1.54, 1.807) is 0 Å². The summed E-state index contributed by atoms with van der Waals surface area (Å²) in [6, 6.07) is 0.465. The van der Waals surface area contributed by atoms with Gasteiger partial charge in [-0.05, 0) is 19.9 Å². The molecule has 0 aliphatic heterocycles. The van der Waals surface area contributed by atoms with Crippen molar-refractivity contribution < 1.29 is 4.79 Å². The van der Waals surface area contributed by atoms with Gasteiger partial charge in [0.15, 0.2) is 0 Å². The van der Waals surface area contributed by atoms with Gasteiger partial charge in [-0.2, -0.15) is 0 Å². The lowest BCUT2D eigenvalue weighted by Gasteiger charge is -2.25. The van der Waals surface area contributed by atoms with Crippen LogP contribution in [0.1, 0.15) is 33.6 Å². The molecule has 0 fully saturated rings. The average Bonchev–Trinajstić information content (AvgIpc) is 2.00. The van der Waals surface area contributed by atoms with Crippen LogP contribution in [-0.2, 0) is 4.79 Å². The average molecular weight is 172 g/mol. The molecular weight excluding hydrogens is 152 g/mol. The maximum atomic E-state index is 10.7. The van der Waals surface area contributed by atoms with Crippen LogP contribution >= 0.6 is 0 Å². The minimum atomic E-state index is -0.236.